The van der Waals surface area contributed by atoms with E-state index >= 15 is 0 Å². The number of hydrogen-bond donors (Lipinski definition) is 0. The first kappa shape index (κ1) is 14.5. The first-order chi connectivity index (χ1) is 12.8. The molecule has 0 heterocycles. The number of Topliss-reactive ketones (excluding diaryl/α,β-unsaturated/α-hetero) is 1. The van der Waals surface area contributed by atoms with E-state index in [1.165, 1.54) is 27.5 Å². The lowest BCUT2D eigenvalue weighted by Crippen LogP contribution is -2.28. The number of rotatable bonds is 0. The minimum Gasteiger partial charge on any atom is -0.294 e. The van der Waals surface area contributed by atoms with Crippen LogP contribution in [-0.4, -0.2) is 5.78 Å². The molecule has 0 aromatic heterocycles. The Balaban J connectivity index is 1.65. The fraction of sp³-hybridized carbons (Fsp3) is 0.240. The molecule has 3 atom stereocenters. The van der Waals surface area contributed by atoms with Crippen molar-refractivity contribution in [2.75, 3.05) is 0 Å². The molecule has 0 radical (unpaired) electrons. The smallest absolute Gasteiger partial charge is 0.167 e. The van der Waals surface area contributed by atoms with Gasteiger partial charge in [-0.3, -0.25) is 4.79 Å². The number of hydrogen-bond acceptors (Lipinski definition) is 1. The van der Waals surface area contributed by atoms with E-state index < -0.39 is 0 Å². The van der Waals surface area contributed by atoms with Crippen molar-refractivity contribution in [1.82, 2.24) is 0 Å². The van der Waals surface area contributed by atoms with E-state index in [0.717, 1.165) is 24.8 Å². The maximum atomic E-state index is 13.1. The van der Waals surface area contributed by atoms with Crippen LogP contribution in [0.3, 0.4) is 0 Å². The molecule has 0 fully saturated rings. The van der Waals surface area contributed by atoms with Crippen LogP contribution in [0.2, 0.25) is 0 Å². The molecule has 0 aliphatic heterocycles. The van der Waals surface area contributed by atoms with Crippen molar-refractivity contribution in [2.24, 2.45) is 5.92 Å². The van der Waals surface area contributed by atoms with Gasteiger partial charge in [-0.15, -0.1) is 0 Å². The Labute approximate surface area is 153 Å². The zero-order chi connectivity index (χ0) is 17.3. The monoisotopic (exact) mass is 336 g/mol. The summed E-state index contributed by atoms with van der Waals surface area (Å²) in [5.74, 6) is 1.14. The minimum atomic E-state index is 0.117. The van der Waals surface area contributed by atoms with E-state index in [4.69, 9.17) is 0 Å². The highest BCUT2D eigenvalue weighted by atomic mass is 16.1. The molecule has 3 aromatic carbocycles. The lowest BCUT2D eigenvalue weighted by molar-refractivity contribution is 0.0915. The van der Waals surface area contributed by atoms with Gasteiger partial charge in [0.25, 0.3) is 0 Å². The van der Waals surface area contributed by atoms with Crippen LogP contribution in [0, 0.1) is 5.92 Å². The molecule has 0 N–H and O–H groups in total. The van der Waals surface area contributed by atoms with Crippen molar-refractivity contribution in [2.45, 2.75) is 31.1 Å². The van der Waals surface area contributed by atoms with E-state index in [2.05, 4.69) is 54.6 Å². The molecule has 3 unspecified atom stereocenters. The van der Waals surface area contributed by atoms with Gasteiger partial charge in [0, 0.05) is 23.3 Å². The summed E-state index contributed by atoms with van der Waals surface area (Å²) in [5, 5.41) is 2.69. The summed E-state index contributed by atoms with van der Waals surface area (Å²) >= 11 is 0. The van der Waals surface area contributed by atoms with Crippen LogP contribution < -0.4 is 0 Å². The molecule has 3 aliphatic carbocycles. The molecule has 0 bridgehead atoms. The summed E-state index contributed by atoms with van der Waals surface area (Å²) in [4.78, 5) is 13.1. The molecule has 1 heteroatoms. The van der Waals surface area contributed by atoms with Crippen LogP contribution >= 0.6 is 0 Å². The van der Waals surface area contributed by atoms with Crippen molar-refractivity contribution in [1.29, 1.82) is 0 Å². The fourth-order valence-corrected chi connectivity index (χ4v) is 5.72. The highest BCUT2D eigenvalue weighted by Gasteiger charge is 2.48. The Hall–Kier alpha value is -2.67. The predicted octanol–water partition coefficient (Wildman–Crippen LogP) is 5.80. The van der Waals surface area contributed by atoms with Crippen molar-refractivity contribution in [3.05, 3.63) is 94.6 Å². The van der Waals surface area contributed by atoms with Crippen molar-refractivity contribution >= 4 is 16.6 Å². The third kappa shape index (κ3) is 1.78. The second kappa shape index (κ2) is 5.17. The average Bonchev–Trinajstić information content (AvgIpc) is 3.00. The fourth-order valence-electron chi connectivity index (χ4n) is 5.72. The van der Waals surface area contributed by atoms with Gasteiger partial charge in [0.05, 0.1) is 0 Å². The van der Waals surface area contributed by atoms with E-state index in [-0.39, 0.29) is 5.92 Å². The van der Waals surface area contributed by atoms with Crippen molar-refractivity contribution in [3.63, 3.8) is 0 Å². The van der Waals surface area contributed by atoms with Crippen LogP contribution in [0.5, 0.6) is 0 Å². The molecule has 1 nitrogen and oxygen atoms in total. The number of benzene rings is 3. The molecule has 6 rings (SSSR count). The highest BCUT2D eigenvalue weighted by molar-refractivity contribution is 6.04. The number of fused-ring (bicyclic) bond motifs is 9. The third-order valence-electron chi connectivity index (χ3n) is 6.80. The second-order valence-electron chi connectivity index (χ2n) is 7.94. The normalized spacial score (nSPS) is 25.9. The first-order valence-electron chi connectivity index (χ1n) is 9.65. The molecular formula is C25H20O. The van der Waals surface area contributed by atoms with Crippen LogP contribution in [-0.2, 0) is 6.42 Å². The van der Waals surface area contributed by atoms with E-state index in [1.807, 2.05) is 12.1 Å². The van der Waals surface area contributed by atoms with Gasteiger partial charge >= 0.3 is 0 Å². The number of carbonyl (C=O) groups excluding carboxylic acids is 1. The summed E-state index contributed by atoms with van der Waals surface area (Å²) in [5.41, 5.74) is 6.76. The Kier molecular flexibility index (Phi) is 2.88. The predicted molar refractivity (Wildman–Crippen MR) is 105 cm³/mol. The van der Waals surface area contributed by atoms with Crippen LogP contribution in [0.1, 0.15) is 51.7 Å². The SMILES string of the molecule is O=C1c2ccccc2C2C1CC=C1CCc3ccc4ccccc4c3C12. The molecule has 0 amide bonds. The van der Waals surface area contributed by atoms with Crippen molar-refractivity contribution in [3.8, 4) is 0 Å². The third-order valence-corrected chi connectivity index (χ3v) is 6.80. The van der Waals surface area contributed by atoms with Crippen LogP contribution in [0.4, 0.5) is 0 Å². The Bertz CT molecular complexity index is 1100. The van der Waals surface area contributed by atoms with Gasteiger partial charge in [0.1, 0.15) is 0 Å². The largest absolute Gasteiger partial charge is 0.294 e. The van der Waals surface area contributed by atoms with Gasteiger partial charge in [-0.1, -0.05) is 72.3 Å². The Morgan fingerprint density at radius 3 is 2.65 bits per heavy atom. The lowest BCUT2D eigenvalue weighted by atomic mass is 9.63. The van der Waals surface area contributed by atoms with Crippen LogP contribution in [0.15, 0.2) is 72.3 Å². The summed E-state index contributed by atoms with van der Waals surface area (Å²) in [7, 11) is 0. The molecule has 3 aliphatic rings. The first-order valence-corrected chi connectivity index (χ1v) is 9.65. The highest BCUT2D eigenvalue weighted by Crippen LogP contribution is 2.57. The van der Waals surface area contributed by atoms with Gasteiger partial charge in [0.15, 0.2) is 5.78 Å². The van der Waals surface area contributed by atoms with Gasteiger partial charge in [-0.05, 0) is 46.7 Å². The number of carbonyl (C=O) groups is 1. The standard InChI is InChI=1S/C25H20O/c26-25-20-8-4-3-7-19(20)24-21(25)14-13-17-12-11-16-10-9-15-5-1-2-6-18(15)22(16)23(17)24/h1-10,13,21,23-24H,11-12,14H2. The van der Waals surface area contributed by atoms with Gasteiger partial charge < -0.3 is 0 Å². The average molecular weight is 336 g/mol. The maximum absolute atomic E-state index is 13.1. The van der Waals surface area contributed by atoms with E-state index in [1.54, 1.807) is 5.57 Å². The summed E-state index contributed by atoms with van der Waals surface area (Å²) in [6, 6.07) is 21.7. The van der Waals surface area contributed by atoms with Gasteiger partial charge in [-0.2, -0.15) is 0 Å². The summed E-state index contributed by atoms with van der Waals surface area (Å²) in [6.07, 6.45) is 5.55. The van der Waals surface area contributed by atoms with E-state index in [0.29, 0.717) is 17.6 Å². The van der Waals surface area contributed by atoms with Gasteiger partial charge in [0.2, 0.25) is 0 Å². The van der Waals surface area contributed by atoms with Crippen molar-refractivity contribution < 1.29 is 4.79 Å². The van der Waals surface area contributed by atoms with E-state index in [9.17, 15) is 4.79 Å². The number of ketones is 1. The number of allylic oxidation sites excluding steroid dienone is 2. The topological polar surface area (TPSA) is 17.1 Å². The van der Waals surface area contributed by atoms with Crippen LogP contribution in [0.25, 0.3) is 10.8 Å². The lowest BCUT2D eigenvalue weighted by Gasteiger charge is -2.39. The molecule has 0 saturated carbocycles. The summed E-state index contributed by atoms with van der Waals surface area (Å²) in [6.45, 7) is 0. The quantitative estimate of drug-likeness (QED) is 0.474. The molecule has 0 spiro atoms. The molecule has 3 aromatic rings. The number of aryl methyl sites for hydroxylation is 1. The molecule has 26 heavy (non-hydrogen) atoms. The molecule has 0 saturated heterocycles. The minimum absolute atomic E-state index is 0.117. The molecule has 126 valence electrons. The summed E-state index contributed by atoms with van der Waals surface area (Å²) < 4.78 is 0. The van der Waals surface area contributed by atoms with Gasteiger partial charge in [-0.25, -0.2) is 0 Å². The Morgan fingerprint density at radius 1 is 0.846 bits per heavy atom. The second-order valence-corrected chi connectivity index (χ2v) is 7.94. The zero-order valence-corrected chi connectivity index (χ0v) is 14.6. The zero-order valence-electron chi connectivity index (χ0n) is 14.6. The maximum Gasteiger partial charge on any atom is 0.167 e. The Morgan fingerprint density at radius 2 is 1.69 bits per heavy atom. The molecular weight excluding hydrogens is 316 g/mol.